The van der Waals surface area contributed by atoms with Crippen LogP contribution in [0, 0.1) is 18.6 Å². The van der Waals surface area contributed by atoms with E-state index in [1.54, 1.807) is 32.4 Å². The third-order valence-electron chi connectivity index (χ3n) is 6.74. The Morgan fingerprint density at radius 1 is 1.02 bits per heavy atom. The Kier molecular flexibility index (Phi) is 15.9. The number of nitrogens with two attached hydrogens (primary N) is 1. The smallest absolute Gasteiger partial charge is 0.333 e. The maximum Gasteiger partial charge on any atom is 0.333 e. The highest BCUT2D eigenvalue weighted by Gasteiger charge is 2.27. The quantitative estimate of drug-likeness (QED) is 0.226. The minimum atomic E-state index is -1.23. The second kappa shape index (κ2) is 18.6. The molecular weight excluding hydrogens is 640 g/mol. The number of nitrogens with one attached hydrogen (secondary N) is 1. The van der Waals surface area contributed by atoms with E-state index >= 15 is 0 Å². The summed E-state index contributed by atoms with van der Waals surface area (Å²) in [5, 5.41) is 2.60. The Balaban J connectivity index is 0.000000452. The van der Waals surface area contributed by atoms with E-state index in [2.05, 4.69) is 15.3 Å². The van der Waals surface area contributed by atoms with Crippen molar-refractivity contribution in [3.63, 3.8) is 0 Å². The second-order valence-electron chi connectivity index (χ2n) is 13.3. The first-order chi connectivity index (χ1) is 22.4. The maximum absolute atomic E-state index is 14.8. The first-order valence-electron chi connectivity index (χ1n) is 16.3. The number of halogens is 3. The van der Waals surface area contributed by atoms with Gasteiger partial charge in [-0.1, -0.05) is 26.0 Å². The summed E-state index contributed by atoms with van der Waals surface area (Å²) in [5.74, 6) is -1.68. The molecule has 48 heavy (non-hydrogen) atoms. The molecule has 0 bridgehead atoms. The third-order valence-corrected chi connectivity index (χ3v) is 8.43. The fraction of sp³-hybridized carbons (Fsp3) is 0.528. The molecule has 0 aliphatic heterocycles. The SMILES string of the molecule is CC.COP(OC(C)(C)C)OC(C)(C)C.Cc1cc(F)cc(CNC(=O)c2ccc(-c3nc(C4CCCC(F)C4)cnc3N)cc2F)c1. The fourth-order valence-electron chi connectivity index (χ4n) is 4.80. The van der Waals surface area contributed by atoms with Crippen LogP contribution in [0.25, 0.3) is 11.3 Å². The number of alkyl halides is 1. The number of carbonyl (C=O) groups excluding carboxylic acids is 1. The number of hydrogen-bond donors (Lipinski definition) is 2. The topological polar surface area (TPSA) is 109 Å². The Labute approximate surface area is 285 Å². The molecule has 1 amide bonds. The third kappa shape index (κ3) is 13.8. The highest BCUT2D eigenvalue weighted by Crippen LogP contribution is 2.46. The summed E-state index contributed by atoms with van der Waals surface area (Å²) >= 11 is 0. The van der Waals surface area contributed by atoms with E-state index in [9.17, 15) is 18.0 Å². The fourth-order valence-corrected chi connectivity index (χ4v) is 5.88. The van der Waals surface area contributed by atoms with Crippen LogP contribution in [0.4, 0.5) is 19.0 Å². The lowest BCUT2D eigenvalue weighted by Crippen LogP contribution is -2.24. The van der Waals surface area contributed by atoms with E-state index in [-0.39, 0.29) is 35.0 Å². The molecule has 1 aliphatic carbocycles. The number of hydrogen-bond acceptors (Lipinski definition) is 7. The molecule has 0 radical (unpaired) electrons. The number of anilines is 1. The molecule has 2 unspecified atom stereocenters. The van der Waals surface area contributed by atoms with E-state index in [4.69, 9.17) is 19.3 Å². The number of aryl methyl sites for hydroxylation is 1. The van der Waals surface area contributed by atoms with Gasteiger partial charge in [-0.2, -0.15) is 0 Å². The van der Waals surface area contributed by atoms with E-state index in [1.165, 1.54) is 24.3 Å². The van der Waals surface area contributed by atoms with Gasteiger partial charge in [0.05, 0.1) is 28.7 Å². The predicted octanol–water partition coefficient (Wildman–Crippen LogP) is 9.75. The largest absolute Gasteiger partial charge is 0.382 e. The van der Waals surface area contributed by atoms with E-state index < -0.39 is 32.3 Å². The Bertz CT molecular complexity index is 1440. The van der Waals surface area contributed by atoms with Crippen molar-refractivity contribution in [2.45, 2.75) is 118 Å². The average Bonchev–Trinajstić information content (AvgIpc) is 2.99. The molecule has 0 saturated heterocycles. The molecular formula is C36H52F3N4O4P. The second-order valence-corrected chi connectivity index (χ2v) is 14.5. The normalized spacial score (nSPS) is 16.4. The molecule has 0 spiro atoms. The van der Waals surface area contributed by atoms with Gasteiger partial charge < -0.3 is 24.6 Å². The molecule has 2 atom stereocenters. The van der Waals surface area contributed by atoms with Crippen molar-refractivity contribution >= 4 is 20.3 Å². The van der Waals surface area contributed by atoms with Gasteiger partial charge in [0.1, 0.15) is 29.3 Å². The lowest BCUT2D eigenvalue weighted by atomic mass is 9.86. The molecule has 8 nitrogen and oxygen atoms in total. The first-order valence-corrected chi connectivity index (χ1v) is 17.4. The van der Waals surface area contributed by atoms with Crippen molar-refractivity contribution in [1.82, 2.24) is 15.3 Å². The van der Waals surface area contributed by atoms with Gasteiger partial charge in [0, 0.05) is 25.1 Å². The molecule has 4 rings (SSSR count). The highest BCUT2D eigenvalue weighted by molar-refractivity contribution is 7.41. The minimum absolute atomic E-state index is 0.0537. The van der Waals surface area contributed by atoms with E-state index in [0.29, 0.717) is 35.4 Å². The van der Waals surface area contributed by atoms with Crippen LogP contribution < -0.4 is 11.1 Å². The Hall–Kier alpha value is -3.11. The minimum Gasteiger partial charge on any atom is -0.382 e. The number of rotatable bonds is 8. The van der Waals surface area contributed by atoms with Crippen molar-refractivity contribution in [1.29, 1.82) is 0 Å². The van der Waals surface area contributed by atoms with Crippen molar-refractivity contribution in [3.05, 3.63) is 76.6 Å². The summed E-state index contributed by atoms with van der Waals surface area (Å²) in [6.45, 7) is 17.7. The summed E-state index contributed by atoms with van der Waals surface area (Å²) in [5.41, 5.74) is 7.99. The summed E-state index contributed by atoms with van der Waals surface area (Å²) in [4.78, 5) is 21.2. The van der Waals surface area contributed by atoms with E-state index in [0.717, 1.165) is 18.4 Å². The Morgan fingerprint density at radius 2 is 1.67 bits per heavy atom. The van der Waals surface area contributed by atoms with Gasteiger partial charge in [-0.05, 0) is 110 Å². The molecule has 3 aromatic rings. The molecule has 1 aromatic heterocycles. The highest BCUT2D eigenvalue weighted by atomic mass is 31.2. The zero-order valence-corrected chi connectivity index (χ0v) is 30.8. The van der Waals surface area contributed by atoms with Gasteiger partial charge in [0.25, 0.3) is 5.91 Å². The summed E-state index contributed by atoms with van der Waals surface area (Å²) in [7, 11) is 0.366. The van der Waals surface area contributed by atoms with Crippen molar-refractivity contribution < 1.29 is 31.5 Å². The number of aromatic nitrogens is 2. The number of benzene rings is 2. The van der Waals surface area contributed by atoms with Gasteiger partial charge in [-0.15, -0.1) is 0 Å². The molecule has 1 saturated carbocycles. The monoisotopic (exact) mass is 692 g/mol. The number of nitrogen functional groups attached to an aromatic ring is 1. The van der Waals surface area contributed by atoms with Gasteiger partial charge >= 0.3 is 8.60 Å². The molecule has 3 N–H and O–H groups in total. The maximum atomic E-state index is 14.8. The van der Waals surface area contributed by atoms with Crippen LogP contribution in [0.2, 0.25) is 0 Å². The zero-order valence-electron chi connectivity index (χ0n) is 29.9. The molecule has 1 fully saturated rings. The molecule has 1 heterocycles. The van der Waals surface area contributed by atoms with Gasteiger partial charge in [-0.3, -0.25) is 4.79 Å². The van der Waals surface area contributed by atoms with Gasteiger partial charge in [0.2, 0.25) is 0 Å². The van der Waals surface area contributed by atoms with Crippen molar-refractivity contribution in [2.75, 3.05) is 12.8 Å². The van der Waals surface area contributed by atoms with Crippen LogP contribution in [-0.4, -0.2) is 40.4 Å². The number of amides is 1. The lowest BCUT2D eigenvalue weighted by molar-refractivity contribution is 0.0400. The number of carbonyl (C=O) groups is 1. The van der Waals surface area contributed by atoms with Crippen LogP contribution in [0.1, 0.15) is 114 Å². The molecule has 12 heteroatoms. The zero-order chi connectivity index (χ0) is 36.2. The van der Waals surface area contributed by atoms with Crippen LogP contribution in [-0.2, 0) is 20.1 Å². The average molecular weight is 693 g/mol. The van der Waals surface area contributed by atoms with E-state index in [1.807, 2.05) is 55.4 Å². The molecule has 2 aromatic carbocycles. The summed E-state index contributed by atoms with van der Waals surface area (Å²) in [6.07, 6.45) is 3.22. The lowest BCUT2D eigenvalue weighted by Gasteiger charge is -2.29. The van der Waals surface area contributed by atoms with Crippen molar-refractivity contribution in [2.24, 2.45) is 0 Å². The van der Waals surface area contributed by atoms with Crippen LogP contribution in [0.15, 0.2) is 42.6 Å². The molecule has 1 aliphatic rings. The summed E-state index contributed by atoms with van der Waals surface area (Å²) < 4.78 is 58.5. The number of nitrogens with zero attached hydrogens (tertiary/aromatic N) is 2. The first kappa shape index (κ1) is 41.1. The predicted molar refractivity (Wildman–Crippen MR) is 187 cm³/mol. The van der Waals surface area contributed by atoms with Gasteiger partial charge in [-0.25, -0.2) is 23.1 Å². The summed E-state index contributed by atoms with van der Waals surface area (Å²) in [6, 6.07) is 8.53. The van der Waals surface area contributed by atoms with Gasteiger partial charge in [0.15, 0.2) is 0 Å². The van der Waals surface area contributed by atoms with Crippen LogP contribution >= 0.6 is 8.60 Å². The standard InChI is InChI=1S/C25H25F3N4O.C9H21O3P.C2H6/c1-14-7-15(9-19(27)8-14)12-31-25(33)20-6-5-17(11-21(20)28)23-24(29)30-13-22(32-23)16-3-2-4-18(26)10-16;1-8(2,3)11-13(10-7)12-9(4,5)6;1-2/h5-9,11,13,16,18H,2-4,10,12H2,1H3,(H2,29,30)(H,31,33);1-7H3;1-2H3. The molecule has 266 valence electrons. The van der Waals surface area contributed by atoms with Crippen LogP contribution in [0.3, 0.4) is 0 Å². The Morgan fingerprint density at radius 3 is 2.21 bits per heavy atom. The van der Waals surface area contributed by atoms with Crippen LogP contribution in [0.5, 0.6) is 0 Å². The van der Waals surface area contributed by atoms with Crippen molar-refractivity contribution in [3.8, 4) is 11.3 Å².